The molecule has 0 saturated carbocycles. The number of nitrogens with zero attached hydrogens (tertiary/aromatic N) is 5. The third-order valence-corrected chi connectivity index (χ3v) is 5.09. The Balaban J connectivity index is 1.64. The molecule has 8 heteroatoms. The lowest BCUT2D eigenvalue weighted by Gasteiger charge is -1.99. The second kappa shape index (κ2) is 7.16. The van der Waals surface area contributed by atoms with E-state index in [0.717, 1.165) is 33.3 Å². The SMILES string of the molecule is COc1ccc(N=Nc2cnc3nc(-c4c(C)csc4OC)cn3c2)cc1. The average Bonchev–Trinajstić information content (AvgIpc) is 3.28. The molecule has 1 aromatic carbocycles. The van der Waals surface area contributed by atoms with Crippen LogP contribution in [0.5, 0.6) is 10.8 Å². The van der Waals surface area contributed by atoms with Crippen LogP contribution in [0.15, 0.2) is 58.5 Å². The summed E-state index contributed by atoms with van der Waals surface area (Å²) in [6.07, 6.45) is 5.42. The van der Waals surface area contributed by atoms with Crippen LogP contribution in [0, 0.1) is 6.92 Å². The van der Waals surface area contributed by atoms with Crippen LogP contribution in [-0.2, 0) is 0 Å². The maximum atomic E-state index is 5.45. The lowest BCUT2D eigenvalue weighted by molar-refractivity contribution is 0.415. The van der Waals surface area contributed by atoms with Crippen molar-refractivity contribution in [2.24, 2.45) is 10.2 Å². The number of methoxy groups -OCH3 is 2. The van der Waals surface area contributed by atoms with E-state index in [9.17, 15) is 0 Å². The highest BCUT2D eigenvalue weighted by atomic mass is 32.1. The molecular weight excluding hydrogens is 362 g/mol. The van der Waals surface area contributed by atoms with Crippen LogP contribution in [0.1, 0.15) is 5.56 Å². The van der Waals surface area contributed by atoms with Gasteiger partial charge in [-0.15, -0.1) is 16.5 Å². The van der Waals surface area contributed by atoms with E-state index in [1.165, 1.54) is 0 Å². The molecule has 0 spiro atoms. The summed E-state index contributed by atoms with van der Waals surface area (Å²) in [4.78, 5) is 8.97. The zero-order chi connectivity index (χ0) is 18.8. The number of rotatable bonds is 5. The van der Waals surface area contributed by atoms with Crippen molar-refractivity contribution in [3.63, 3.8) is 0 Å². The van der Waals surface area contributed by atoms with Gasteiger partial charge in [-0.1, -0.05) is 0 Å². The van der Waals surface area contributed by atoms with Crippen molar-refractivity contribution in [1.29, 1.82) is 0 Å². The van der Waals surface area contributed by atoms with Gasteiger partial charge in [0.2, 0.25) is 5.78 Å². The van der Waals surface area contributed by atoms with Gasteiger partial charge in [-0.2, -0.15) is 5.11 Å². The van der Waals surface area contributed by atoms with Crippen molar-refractivity contribution in [3.05, 3.63) is 53.8 Å². The number of aryl methyl sites for hydroxylation is 1. The molecule has 136 valence electrons. The Morgan fingerprint density at radius 2 is 1.78 bits per heavy atom. The molecule has 3 heterocycles. The third-order valence-electron chi connectivity index (χ3n) is 4.03. The molecule has 0 aliphatic carbocycles. The molecular formula is C19H17N5O2S. The standard InChI is InChI=1S/C19H17N5O2S/c1-12-11-27-18(26-3)17(12)16-10-24-9-14(8-20-19(24)21-16)23-22-13-4-6-15(25-2)7-5-13/h4-11H,1-3H3. The van der Waals surface area contributed by atoms with Crippen molar-refractivity contribution >= 4 is 28.5 Å². The van der Waals surface area contributed by atoms with Gasteiger partial charge in [0.15, 0.2) is 5.06 Å². The quantitative estimate of drug-likeness (QED) is 0.447. The Morgan fingerprint density at radius 3 is 2.52 bits per heavy atom. The normalized spacial score (nSPS) is 11.4. The minimum atomic E-state index is 0.598. The minimum Gasteiger partial charge on any atom is -0.497 e. The molecule has 0 amide bonds. The number of azo groups is 1. The van der Waals surface area contributed by atoms with Gasteiger partial charge in [0.05, 0.1) is 37.4 Å². The van der Waals surface area contributed by atoms with Crippen LogP contribution in [0.2, 0.25) is 0 Å². The van der Waals surface area contributed by atoms with Crippen LogP contribution in [0.25, 0.3) is 17.0 Å². The number of fused-ring (bicyclic) bond motifs is 1. The predicted molar refractivity (Wildman–Crippen MR) is 105 cm³/mol. The van der Waals surface area contributed by atoms with Crippen molar-refractivity contribution in [2.75, 3.05) is 14.2 Å². The zero-order valence-corrected chi connectivity index (χ0v) is 15.9. The second-order valence-corrected chi connectivity index (χ2v) is 6.67. The summed E-state index contributed by atoms with van der Waals surface area (Å²) in [5.74, 6) is 1.38. The van der Waals surface area contributed by atoms with Gasteiger partial charge >= 0.3 is 0 Å². The summed E-state index contributed by atoms with van der Waals surface area (Å²) in [7, 11) is 3.30. The molecule has 0 radical (unpaired) electrons. The van der Waals surface area contributed by atoms with E-state index in [1.807, 2.05) is 48.0 Å². The van der Waals surface area contributed by atoms with Crippen molar-refractivity contribution < 1.29 is 9.47 Å². The minimum absolute atomic E-state index is 0.598. The second-order valence-electron chi connectivity index (χ2n) is 5.83. The average molecular weight is 379 g/mol. The van der Waals surface area contributed by atoms with Gasteiger partial charge in [-0.25, -0.2) is 9.97 Å². The first-order valence-electron chi connectivity index (χ1n) is 8.21. The van der Waals surface area contributed by atoms with Crippen LogP contribution in [0.4, 0.5) is 11.4 Å². The largest absolute Gasteiger partial charge is 0.497 e. The molecule has 27 heavy (non-hydrogen) atoms. The molecule has 0 atom stereocenters. The third kappa shape index (κ3) is 3.39. The van der Waals surface area contributed by atoms with Gasteiger partial charge in [-0.3, -0.25) is 4.40 Å². The van der Waals surface area contributed by atoms with Crippen molar-refractivity contribution in [2.45, 2.75) is 6.92 Å². The number of hydrogen-bond acceptors (Lipinski definition) is 7. The Hall–Kier alpha value is -3.26. The number of aromatic nitrogens is 3. The van der Waals surface area contributed by atoms with Gasteiger partial charge in [-0.05, 0) is 42.1 Å². The number of hydrogen-bond donors (Lipinski definition) is 0. The first kappa shape index (κ1) is 17.2. The maximum absolute atomic E-state index is 5.45. The van der Waals surface area contributed by atoms with Crippen molar-refractivity contribution in [1.82, 2.24) is 14.4 Å². The van der Waals surface area contributed by atoms with Crippen LogP contribution in [-0.4, -0.2) is 28.6 Å². The molecule has 0 aliphatic rings. The van der Waals surface area contributed by atoms with Gasteiger partial charge < -0.3 is 9.47 Å². The monoisotopic (exact) mass is 379 g/mol. The van der Waals surface area contributed by atoms with E-state index in [2.05, 4.69) is 25.6 Å². The Kier molecular flexibility index (Phi) is 4.55. The highest BCUT2D eigenvalue weighted by molar-refractivity contribution is 7.12. The molecule has 3 aromatic heterocycles. The lowest BCUT2D eigenvalue weighted by Crippen LogP contribution is -1.85. The molecule has 0 unspecified atom stereocenters. The number of thiophene rings is 1. The van der Waals surface area contributed by atoms with Gasteiger partial charge in [0.1, 0.15) is 11.4 Å². The zero-order valence-electron chi connectivity index (χ0n) is 15.1. The molecule has 0 saturated heterocycles. The van der Waals surface area contributed by atoms with Crippen LogP contribution >= 0.6 is 11.3 Å². The molecule has 4 aromatic rings. The van der Waals surface area contributed by atoms with Gasteiger partial charge in [0.25, 0.3) is 0 Å². The predicted octanol–water partition coefficient (Wildman–Crippen LogP) is 5.20. The fraction of sp³-hybridized carbons (Fsp3) is 0.158. The fourth-order valence-electron chi connectivity index (χ4n) is 2.69. The van der Waals surface area contributed by atoms with Crippen molar-refractivity contribution in [3.8, 4) is 22.1 Å². The van der Waals surface area contributed by atoms with E-state index in [-0.39, 0.29) is 0 Å². The van der Waals surface area contributed by atoms with Crippen LogP contribution < -0.4 is 9.47 Å². The van der Waals surface area contributed by atoms with E-state index in [4.69, 9.17) is 9.47 Å². The topological polar surface area (TPSA) is 73.4 Å². The Bertz CT molecular complexity index is 1120. The molecule has 0 aliphatic heterocycles. The number of ether oxygens (including phenoxy) is 2. The maximum Gasteiger partial charge on any atom is 0.234 e. The summed E-state index contributed by atoms with van der Waals surface area (Å²) in [5.41, 5.74) is 4.31. The summed E-state index contributed by atoms with van der Waals surface area (Å²) in [6.45, 7) is 2.04. The van der Waals surface area contributed by atoms with Crippen LogP contribution in [0.3, 0.4) is 0 Å². The molecule has 0 bridgehead atoms. The summed E-state index contributed by atoms with van der Waals surface area (Å²) in [6, 6.07) is 7.37. The van der Waals surface area contributed by atoms with E-state index >= 15 is 0 Å². The summed E-state index contributed by atoms with van der Waals surface area (Å²) in [5, 5.41) is 11.4. The Morgan fingerprint density at radius 1 is 1.00 bits per heavy atom. The summed E-state index contributed by atoms with van der Waals surface area (Å²) >= 11 is 1.56. The smallest absolute Gasteiger partial charge is 0.234 e. The van der Waals surface area contributed by atoms with E-state index in [1.54, 1.807) is 31.8 Å². The first-order valence-corrected chi connectivity index (χ1v) is 9.09. The number of imidazole rings is 1. The molecule has 7 nitrogen and oxygen atoms in total. The molecule has 0 fully saturated rings. The highest BCUT2D eigenvalue weighted by Crippen LogP contribution is 2.38. The fourth-order valence-corrected chi connectivity index (χ4v) is 3.57. The van der Waals surface area contributed by atoms with E-state index < -0.39 is 0 Å². The number of benzene rings is 1. The highest BCUT2D eigenvalue weighted by Gasteiger charge is 2.15. The first-order chi connectivity index (χ1) is 13.2. The summed E-state index contributed by atoms with van der Waals surface area (Å²) < 4.78 is 12.4. The Labute approximate surface area is 160 Å². The molecule has 4 rings (SSSR count). The lowest BCUT2D eigenvalue weighted by atomic mass is 10.1. The molecule has 0 N–H and O–H groups in total. The van der Waals surface area contributed by atoms with Gasteiger partial charge in [0, 0.05) is 12.4 Å². The van der Waals surface area contributed by atoms with E-state index in [0.29, 0.717) is 11.5 Å².